The molecular formula is C16H14N2O3. The van der Waals surface area contributed by atoms with Gasteiger partial charge in [0, 0.05) is 11.3 Å². The predicted molar refractivity (Wildman–Crippen MR) is 79.9 cm³/mol. The number of esters is 1. The Morgan fingerprint density at radius 1 is 1.24 bits per heavy atom. The molecule has 0 aliphatic heterocycles. The number of benzene rings is 2. The Morgan fingerprint density at radius 3 is 2.62 bits per heavy atom. The van der Waals surface area contributed by atoms with Crippen molar-refractivity contribution in [3.63, 3.8) is 0 Å². The molecule has 1 aromatic heterocycles. The summed E-state index contributed by atoms with van der Waals surface area (Å²) >= 11 is 0. The van der Waals surface area contributed by atoms with Crippen molar-refractivity contribution in [1.29, 1.82) is 0 Å². The molecule has 0 aliphatic carbocycles. The summed E-state index contributed by atoms with van der Waals surface area (Å²) < 4.78 is 10.5. The fraction of sp³-hybridized carbons (Fsp3) is 0.125. The Kier molecular flexibility index (Phi) is 3.10. The number of fused-ring (bicyclic) bond motifs is 1. The highest BCUT2D eigenvalue weighted by Gasteiger charge is 2.12. The van der Waals surface area contributed by atoms with E-state index in [1.54, 1.807) is 30.3 Å². The summed E-state index contributed by atoms with van der Waals surface area (Å²) in [6.07, 6.45) is 0. The van der Waals surface area contributed by atoms with Gasteiger partial charge < -0.3 is 14.9 Å². The molecule has 3 aromatic rings. The lowest BCUT2D eigenvalue weighted by atomic mass is 10.1. The molecule has 5 heteroatoms. The van der Waals surface area contributed by atoms with Gasteiger partial charge in [0.15, 0.2) is 5.58 Å². The molecule has 0 radical (unpaired) electrons. The number of carbonyl (C=O) groups is 1. The number of hydrogen-bond donors (Lipinski definition) is 1. The smallest absolute Gasteiger partial charge is 0.337 e. The van der Waals surface area contributed by atoms with Gasteiger partial charge in [-0.3, -0.25) is 0 Å². The SMILES string of the molecule is COC(=O)c1ccc(-c2nc3cc(N)cc(C)c3o2)cc1. The maximum absolute atomic E-state index is 11.4. The standard InChI is InChI=1S/C16H14N2O3/c1-9-7-12(17)8-13-14(9)21-15(18-13)10-3-5-11(6-4-10)16(19)20-2/h3-8H,17H2,1-2H3. The molecule has 3 rings (SSSR count). The monoisotopic (exact) mass is 282 g/mol. The zero-order valence-corrected chi connectivity index (χ0v) is 11.7. The van der Waals surface area contributed by atoms with Gasteiger partial charge in [0.25, 0.3) is 0 Å². The minimum absolute atomic E-state index is 0.372. The number of carbonyl (C=O) groups excluding carboxylic acids is 1. The van der Waals surface area contributed by atoms with E-state index >= 15 is 0 Å². The van der Waals surface area contributed by atoms with Crippen molar-refractivity contribution in [2.45, 2.75) is 6.92 Å². The van der Waals surface area contributed by atoms with E-state index < -0.39 is 0 Å². The van der Waals surface area contributed by atoms with Gasteiger partial charge in [0.1, 0.15) is 5.52 Å². The van der Waals surface area contributed by atoms with Crippen LogP contribution in [0.3, 0.4) is 0 Å². The van der Waals surface area contributed by atoms with Crippen molar-refractivity contribution in [3.8, 4) is 11.5 Å². The lowest BCUT2D eigenvalue weighted by Gasteiger charge is -1.99. The maximum Gasteiger partial charge on any atom is 0.337 e. The number of rotatable bonds is 2. The van der Waals surface area contributed by atoms with Crippen molar-refractivity contribution in [2.75, 3.05) is 12.8 Å². The minimum atomic E-state index is -0.372. The van der Waals surface area contributed by atoms with Gasteiger partial charge in [-0.15, -0.1) is 0 Å². The summed E-state index contributed by atoms with van der Waals surface area (Å²) in [6, 6.07) is 10.5. The first-order valence-electron chi connectivity index (χ1n) is 6.44. The van der Waals surface area contributed by atoms with Crippen molar-refractivity contribution < 1.29 is 13.9 Å². The number of oxazole rings is 1. The molecule has 2 aromatic carbocycles. The lowest BCUT2D eigenvalue weighted by molar-refractivity contribution is 0.0601. The second-order valence-electron chi connectivity index (χ2n) is 4.77. The molecule has 1 heterocycles. The second kappa shape index (κ2) is 4.94. The van der Waals surface area contributed by atoms with E-state index in [0.29, 0.717) is 17.1 Å². The van der Waals surface area contributed by atoms with Crippen LogP contribution in [0.4, 0.5) is 5.69 Å². The summed E-state index contributed by atoms with van der Waals surface area (Å²) in [6.45, 7) is 1.92. The molecular weight excluding hydrogens is 268 g/mol. The number of aryl methyl sites for hydroxylation is 1. The summed E-state index contributed by atoms with van der Waals surface area (Å²) in [5.41, 5.74) is 10.1. The van der Waals surface area contributed by atoms with E-state index in [2.05, 4.69) is 9.72 Å². The molecule has 0 atom stereocenters. The number of nitrogens with zero attached hydrogens (tertiary/aromatic N) is 1. The van der Waals surface area contributed by atoms with E-state index in [0.717, 1.165) is 22.2 Å². The zero-order chi connectivity index (χ0) is 15.0. The van der Waals surface area contributed by atoms with Gasteiger partial charge >= 0.3 is 5.97 Å². The van der Waals surface area contributed by atoms with Gasteiger partial charge in [0.05, 0.1) is 12.7 Å². The van der Waals surface area contributed by atoms with Gasteiger partial charge in [-0.05, 0) is 48.9 Å². The topological polar surface area (TPSA) is 78.3 Å². The largest absolute Gasteiger partial charge is 0.465 e. The van der Waals surface area contributed by atoms with Crippen molar-refractivity contribution in [2.24, 2.45) is 0 Å². The first kappa shape index (κ1) is 13.2. The Labute approximate surface area is 121 Å². The molecule has 0 aliphatic rings. The molecule has 21 heavy (non-hydrogen) atoms. The zero-order valence-electron chi connectivity index (χ0n) is 11.7. The Morgan fingerprint density at radius 2 is 1.95 bits per heavy atom. The molecule has 5 nitrogen and oxygen atoms in total. The van der Waals surface area contributed by atoms with Crippen LogP contribution in [0.5, 0.6) is 0 Å². The summed E-state index contributed by atoms with van der Waals surface area (Å²) in [5.74, 6) is 0.123. The molecule has 0 unspecified atom stereocenters. The van der Waals surface area contributed by atoms with Gasteiger partial charge in [0.2, 0.25) is 5.89 Å². The highest BCUT2D eigenvalue weighted by molar-refractivity contribution is 5.90. The van der Waals surface area contributed by atoms with Crippen LogP contribution in [0.2, 0.25) is 0 Å². The predicted octanol–water partition coefficient (Wildman–Crippen LogP) is 3.17. The van der Waals surface area contributed by atoms with Crippen molar-refractivity contribution in [1.82, 2.24) is 4.98 Å². The van der Waals surface area contributed by atoms with Crippen LogP contribution in [0.25, 0.3) is 22.6 Å². The number of ether oxygens (including phenoxy) is 1. The van der Waals surface area contributed by atoms with Crippen LogP contribution < -0.4 is 5.73 Å². The molecule has 2 N–H and O–H groups in total. The first-order valence-corrected chi connectivity index (χ1v) is 6.44. The fourth-order valence-corrected chi connectivity index (χ4v) is 2.22. The molecule has 106 valence electrons. The minimum Gasteiger partial charge on any atom is -0.465 e. The number of nitrogens with two attached hydrogens (primary N) is 1. The van der Waals surface area contributed by atoms with E-state index in [-0.39, 0.29) is 5.97 Å². The normalized spacial score (nSPS) is 10.8. The molecule has 0 fully saturated rings. The van der Waals surface area contributed by atoms with Crippen LogP contribution in [-0.4, -0.2) is 18.1 Å². The van der Waals surface area contributed by atoms with Crippen LogP contribution in [0.1, 0.15) is 15.9 Å². The van der Waals surface area contributed by atoms with Gasteiger partial charge in [-0.1, -0.05) is 0 Å². The Balaban J connectivity index is 2.04. The summed E-state index contributed by atoms with van der Waals surface area (Å²) in [7, 11) is 1.35. The first-order chi connectivity index (χ1) is 10.1. The van der Waals surface area contributed by atoms with E-state index in [1.807, 2.05) is 13.0 Å². The fourth-order valence-electron chi connectivity index (χ4n) is 2.22. The van der Waals surface area contributed by atoms with Gasteiger partial charge in [-0.25, -0.2) is 9.78 Å². The number of hydrogen-bond acceptors (Lipinski definition) is 5. The molecule has 0 bridgehead atoms. The highest BCUT2D eigenvalue weighted by Crippen LogP contribution is 2.28. The average Bonchev–Trinajstić information content (AvgIpc) is 2.91. The lowest BCUT2D eigenvalue weighted by Crippen LogP contribution is -2.00. The van der Waals surface area contributed by atoms with E-state index in [9.17, 15) is 4.79 Å². The van der Waals surface area contributed by atoms with Crippen LogP contribution in [0, 0.1) is 6.92 Å². The molecule has 0 amide bonds. The third-order valence-corrected chi connectivity index (χ3v) is 3.25. The van der Waals surface area contributed by atoms with Crippen molar-refractivity contribution in [3.05, 3.63) is 47.5 Å². The quantitative estimate of drug-likeness (QED) is 0.577. The van der Waals surface area contributed by atoms with Crippen LogP contribution >= 0.6 is 0 Å². The second-order valence-corrected chi connectivity index (χ2v) is 4.77. The number of anilines is 1. The Bertz CT molecular complexity index is 819. The summed E-state index contributed by atoms with van der Waals surface area (Å²) in [5, 5.41) is 0. The molecule has 0 spiro atoms. The van der Waals surface area contributed by atoms with Gasteiger partial charge in [-0.2, -0.15) is 0 Å². The number of methoxy groups -OCH3 is 1. The number of aromatic nitrogens is 1. The molecule has 0 saturated carbocycles. The maximum atomic E-state index is 11.4. The van der Waals surface area contributed by atoms with Crippen LogP contribution in [0.15, 0.2) is 40.8 Å². The van der Waals surface area contributed by atoms with E-state index in [1.165, 1.54) is 7.11 Å². The average molecular weight is 282 g/mol. The third-order valence-electron chi connectivity index (χ3n) is 3.25. The van der Waals surface area contributed by atoms with Crippen molar-refractivity contribution >= 4 is 22.8 Å². The summed E-state index contributed by atoms with van der Waals surface area (Å²) in [4.78, 5) is 15.8. The Hall–Kier alpha value is -2.82. The van der Waals surface area contributed by atoms with E-state index in [4.69, 9.17) is 10.2 Å². The third kappa shape index (κ3) is 2.33. The van der Waals surface area contributed by atoms with Crippen LogP contribution in [-0.2, 0) is 4.74 Å². The highest BCUT2D eigenvalue weighted by atomic mass is 16.5. The molecule has 0 saturated heterocycles. The number of nitrogen functional groups attached to an aromatic ring is 1.